The molecule has 2 aromatic carbocycles. The minimum Gasteiger partial charge on any atom is -0.326 e. The Kier molecular flexibility index (Phi) is 6.66. The van der Waals surface area contributed by atoms with E-state index < -0.39 is 0 Å². The Morgan fingerprint density at radius 2 is 1.76 bits per heavy atom. The molecule has 29 heavy (non-hydrogen) atoms. The number of hydrogen-bond donors (Lipinski definition) is 2. The van der Waals surface area contributed by atoms with Gasteiger partial charge in [0.2, 0.25) is 11.8 Å². The lowest BCUT2D eigenvalue weighted by Gasteiger charge is -2.09. The summed E-state index contributed by atoms with van der Waals surface area (Å²) in [6.45, 7) is 6.22. The summed E-state index contributed by atoms with van der Waals surface area (Å²) < 4.78 is 2.00. The number of carbonyl (C=O) groups is 2. The monoisotopic (exact) mass is 409 g/mol. The fourth-order valence-electron chi connectivity index (χ4n) is 2.88. The van der Waals surface area contributed by atoms with Crippen LogP contribution in [0.25, 0.3) is 11.4 Å². The maximum Gasteiger partial charge on any atom is 0.234 e. The van der Waals surface area contributed by atoms with Crippen molar-refractivity contribution >= 4 is 35.0 Å². The fourth-order valence-corrected chi connectivity index (χ4v) is 3.69. The number of rotatable bonds is 7. The molecule has 150 valence electrons. The first-order valence-electron chi connectivity index (χ1n) is 9.27. The van der Waals surface area contributed by atoms with Gasteiger partial charge in [0.05, 0.1) is 5.75 Å². The predicted octanol–water partition coefficient (Wildman–Crippen LogP) is 3.96. The number of amides is 2. The molecule has 7 nitrogen and oxygen atoms in total. The smallest absolute Gasteiger partial charge is 0.234 e. The number of carbonyl (C=O) groups excluding carboxylic acids is 2. The van der Waals surface area contributed by atoms with Crippen molar-refractivity contribution in [1.29, 1.82) is 0 Å². The molecular formula is C21H23N5O2S. The van der Waals surface area contributed by atoms with Crippen molar-refractivity contribution in [1.82, 2.24) is 14.8 Å². The minimum absolute atomic E-state index is 0.155. The number of aromatic nitrogens is 3. The van der Waals surface area contributed by atoms with E-state index in [9.17, 15) is 9.59 Å². The third-order valence-corrected chi connectivity index (χ3v) is 5.08. The van der Waals surface area contributed by atoms with Crippen LogP contribution in [0.4, 0.5) is 11.4 Å². The average molecular weight is 410 g/mol. The summed E-state index contributed by atoms with van der Waals surface area (Å²) in [5.74, 6) is 0.684. The van der Waals surface area contributed by atoms with Crippen molar-refractivity contribution in [3.8, 4) is 11.4 Å². The van der Waals surface area contributed by atoms with E-state index in [1.807, 2.05) is 36.6 Å². The molecule has 0 radical (unpaired) electrons. The molecule has 0 aliphatic heterocycles. The third kappa shape index (κ3) is 5.45. The molecule has 0 bridgehead atoms. The Bertz CT molecular complexity index is 1030. The lowest BCUT2D eigenvalue weighted by atomic mass is 10.1. The second kappa shape index (κ2) is 9.38. The van der Waals surface area contributed by atoms with Crippen LogP contribution in [0.5, 0.6) is 0 Å². The van der Waals surface area contributed by atoms with E-state index in [1.165, 1.54) is 18.7 Å². The van der Waals surface area contributed by atoms with Crippen molar-refractivity contribution in [2.75, 3.05) is 16.4 Å². The minimum atomic E-state index is -0.160. The van der Waals surface area contributed by atoms with Crippen LogP contribution in [0.3, 0.4) is 0 Å². The molecule has 1 heterocycles. The van der Waals surface area contributed by atoms with Crippen LogP contribution in [-0.4, -0.2) is 32.3 Å². The molecule has 0 aliphatic carbocycles. The Labute approximate surface area is 173 Å². The zero-order chi connectivity index (χ0) is 20.8. The van der Waals surface area contributed by atoms with Crippen molar-refractivity contribution in [3.05, 3.63) is 54.1 Å². The van der Waals surface area contributed by atoms with Gasteiger partial charge in [-0.1, -0.05) is 41.6 Å². The third-order valence-electron chi connectivity index (χ3n) is 4.11. The second-order valence-electron chi connectivity index (χ2n) is 6.52. The SMILES string of the molecule is CCn1c(SCC(=O)Nc2cccc(NC(C)=O)c2)nnc1-c1cccc(C)c1. The van der Waals surface area contributed by atoms with Crippen molar-refractivity contribution in [2.45, 2.75) is 32.5 Å². The quantitative estimate of drug-likeness (QED) is 0.577. The van der Waals surface area contributed by atoms with Crippen LogP contribution < -0.4 is 10.6 Å². The molecule has 2 amide bonds. The predicted molar refractivity (Wildman–Crippen MR) is 116 cm³/mol. The van der Waals surface area contributed by atoms with Gasteiger partial charge in [-0.05, 0) is 38.1 Å². The summed E-state index contributed by atoms with van der Waals surface area (Å²) in [6.07, 6.45) is 0. The van der Waals surface area contributed by atoms with Gasteiger partial charge in [-0.25, -0.2) is 0 Å². The molecule has 2 N–H and O–H groups in total. The van der Waals surface area contributed by atoms with Crippen LogP contribution in [0, 0.1) is 6.92 Å². The molecular weight excluding hydrogens is 386 g/mol. The molecule has 0 saturated heterocycles. The van der Waals surface area contributed by atoms with Gasteiger partial charge >= 0.3 is 0 Å². The highest BCUT2D eigenvalue weighted by molar-refractivity contribution is 7.99. The van der Waals surface area contributed by atoms with Crippen LogP contribution in [0.15, 0.2) is 53.7 Å². The summed E-state index contributed by atoms with van der Waals surface area (Å²) in [5, 5.41) is 14.8. The van der Waals surface area contributed by atoms with E-state index in [-0.39, 0.29) is 17.6 Å². The Balaban J connectivity index is 1.66. The number of benzene rings is 2. The van der Waals surface area contributed by atoms with E-state index in [4.69, 9.17) is 0 Å². The van der Waals surface area contributed by atoms with Crippen LogP contribution in [0.2, 0.25) is 0 Å². The topological polar surface area (TPSA) is 88.9 Å². The van der Waals surface area contributed by atoms with Crippen molar-refractivity contribution in [3.63, 3.8) is 0 Å². The zero-order valence-electron chi connectivity index (χ0n) is 16.6. The van der Waals surface area contributed by atoms with Crippen molar-refractivity contribution < 1.29 is 9.59 Å². The number of thioether (sulfide) groups is 1. The van der Waals surface area contributed by atoms with Gasteiger partial charge in [-0.15, -0.1) is 10.2 Å². The summed E-state index contributed by atoms with van der Waals surface area (Å²) >= 11 is 1.34. The first-order chi connectivity index (χ1) is 14.0. The number of nitrogens with zero attached hydrogens (tertiary/aromatic N) is 3. The van der Waals surface area contributed by atoms with Crippen molar-refractivity contribution in [2.24, 2.45) is 0 Å². The molecule has 3 aromatic rings. The number of nitrogens with one attached hydrogen (secondary N) is 2. The molecule has 1 aromatic heterocycles. The molecule has 0 saturated carbocycles. The highest BCUT2D eigenvalue weighted by Gasteiger charge is 2.15. The summed E-state index contributed by atoms with van der Waals surface area (Å²) in [6, 6.07) is 15.1. The van der Waals surface area contributed by atoms with Gasteiger partial charge in [0.25, 0.3) is 0 Å². The van der Waals surface area contributed by atoms with E-state index in [2.05, 4.69) is 26.9 Å². The number of hydrogen-bond acceptors (Lipinski definition) is 5. The number of anilines is 2. The van der Waals surface area contributed by atoms with E-state index in [0.717, 1.165) is 17.0 Å². The van der Waals surface area contributed by atoms with Crippen LogP contribution in [0.1, 0.15) is 19.4 Å². The Morgan fingerprint density at radius 3 is 2.45 bits per heavy atom. The Hall–Kier alpha value is -3.13. The normalized spacial score (nSPS) is 10.6. The average Bonchev–Trinajstić information content (AvgIpc) is 3.09. The summed E-state index contributed by atoms with van der Waals surface area (Å²) in [5.41, 5.74) is 3.42. The first-order valence-corrected chi connectivity index (χ1v) is 10.3. The molecule has 3 rings (SSSR count). The maximum absolute atomic E-state index is 12.4. The summed E-state index contributed by atoms with van der Waals surface area (Å²) in [7, 11) is 0. The second-order valence-corrected chi connectivity index (χ2v) is 7.46. The highest BCUT2D eigenvalue weighted by Crippen LogP contribution is 2.25. The van der Waals surface area contributed by atoms with Gasteiger partial charge < -0.3 is 15.2 Å². The standard InChI is InChI=1S/C21H23N5O2S/c1-4-26-20(16-8-5-7-14(2)11-16)24-25-21(26)29-13-19(28)23-18-10-6-9-17(12-18)22-15(3)27/h5-12H,4,13H2,1-3H3,(H,22,27)(H,23,28). The molecule has 0 spiro atoms. The van der Waals surface area contributed by atoms with Gasteiger partial charge in [0.15, 0.2) is 11.0 Å². The maximum atomic E-state index is 12.4. The Morgan fingerprint density at radius 1 is 1.03 bits per heavy atom. The number of aryl methyl sites for hydroxylation is 1. The largest absolute Gasteiger partial charge is 0.326 e. The van der Waals surface area contributed by atoms with Crippen LogP contribution >= 0.6 is 11.8 Å². The van der Waals surface area contributed by atoms with Gasteiger partial charge in [0, 0.05) is 30.4 Å². The van der Waals surface area contributed by atoms with E-state index in [0.29, 0.717) is 23.1 Å². The highest BCUT2D eigenvalue weighted by atomic mass is 32.2. The van der Waals surface area contributed by atoms with E-state index >= 15 is 0 Å². The van der Waals surface area contributed by atoms with Gasteiger partial charge in [-0.3, -0.25) is 9.59 Å². The van der Waals surface area contributed by atoms with Gasteiger partial charge in [0.1, 0.15) is 0 Å². The van der Waals surface area contributed by atoms with E-state index in [1.54, 1.807) is 24.3 Å². The molecule has 0 fully saturated rings. The first kappa shape index (κ1) is 20.6. The lowest BCUT2D eigenvalue weighted by molar-refractivity contribution is -0.114. The molecule has 8 heteroatoms. The zero-order valence-corrected chi connectivity index (χ0v) is 17.4. The molecule has 0 atom stereocenters. The van der Waals surface area contributed by atoms with Gasteiger partial charge in [-0.2, -0.15) is 0 Å². The lowest BCUT2D eigenvalue weighted by Crippen LogP contribution is -2.15. The molecule has 0 unspecified atom stereocenters. The van der Waals surface area contributed by atoms with Crippen LogP contribution in [-0.2, 0) is 16.1 Å². The fraction of sp³-hybridized carbons (Fsp3) is 0.238. The molecule has 0 aliphatic rings. The summed E-state index contributed by atoms with van der Waals surface area (Å²) in [4.78, 5) is 23.5.